The monoisotopic (exact) mass is 411 g/mol. The Balaban J connectivity index is 1.77. The van der Waals surface area contributed by atoms with Gasteiger partial charge in [0.25, 0.3) is 0 Å². The molecular formula is C20H30FN3O3S. The number of sulfonamides is 1. The summed E-state index contributed by atoms with van der Waals surface area (Å²) in [5.41, 5.74) is 5.65. The highest BCUT2D eigenvalue weighted by Crippen LogP contribution is 2.42. The maximum absolute atomic E-state index is 13.5. The number of carbonyl (C=O) groups is 1. The number of rotatable bonds is 7. The Bertz CT molecular complexity index is 830. The molecule has 156 valence electrons. The van der Waals surface area contributed by atoms with E-state index in [-0.39, 0.29) is 34.7 Å². The van der Waals surface area contributed by atoms with E-state index in [4.69, 9.17) is 5.73 Å². The normalized spacial score (nSPS) is 26.7. The maximum atomic E-state index is 13.5. The first-order valence-electron chi connectivity index (χ1n) is 9.88. The highest BCUT2D eigenvalue weighted by atomic mass is 32.2. The molecule has 1 saturated heterocycles. The summed E-state index contributed by atoms with van der Waals surface area (Å²) in [7, 11) is -1.80. The molecule has 0 aromatic heterocycles. The van der Waals surface area contributed by atoms with Gasteiger partial charge in [0.2, 0.25) is 15.9 Å². The molecule has 1 aromatic rings. The molecule has 8 heteroatoms. The summed E-state index contributed by atoms with van der Waals surface area (Å²) in [6, 6.07) is 4.92. The fraction of sp³-hybridized carbons (Fsp3) is 0.650. The lowest BCUT2D eigenvalue weighted by molar-refractivity contribution is -0.124. The van der Waals surface area contributed by atoms with Gasteiger partial charge in [0.15, 0.2) is 0 Å². The third-order valence-corrected chi connectivity index (χ3v) is 8.08. The lowest BCUT2D eigenvalue weighted by Crippen LogP contribution is -2.50. The molecule has 0 unspecified atom stereocenters. The summed E-state index contributed by atoms with van der Waals surface area (Å²) in [6.07, 6.45) is 2.54. The third-order valence-electron chi connectivity index (χ3n) is 6.26. The average Bonchev–Trinajstić information content (AvgIpc) is 3.19. The second-order valence-electron chi connectivity index (χ2n) is 8.56. The van der Waals surface area contributed by atoms with E-state index in [0.29, 0.717) is 25.4 Å². The average molecular weight is 412 g/mol. The molecule has 3 rings (SSSR count). The minimum atomic E-state index is -3.72. The van der Waals surface area contributed by atoms with E-state index < -0.39 is 15.8 Å². The Morgan fingerprint density at radius 2 is 2.04 bits per heavy atom. The molecule has 1 aliphatic carbocycles. The molecule has 1 saturated carbocycles. The van der Waals surface area contributed by atoms with Crippen LogP contribution in [0.5, 0.6) is 0 Å². The highest BCUT2D eigenvalue weighted by molar-refractivity contribution is 7.89. The molecule has 28 heavy (non-hydrogen) atoms. The molecular weight excluding hydrogens is 381 g/mol. The number of fused-ring (bicyclic) bond motifs is 1. The topological polar surface area (TPSA) is 83.7 Å². The van der Waals surface area contributed by atoms with Gasteiger partial charge in [0.05, 0.1) is 10.9 Å². The van der Waals surface area contributed by atoms with Gasteiger partial charge in [-0.2, -0.15) is 4.31 Å². The molecule has 2 N–H and O–H groups in total. The predicted octanol–water partition coefficient (Wildman–Crippen LogP) is 2.06. The first-order chi connectivity index (χ1) is 13.1. The van der Waals surface area contributed by atoms with Crippen molar-refractivity contribution < 1.29 is 17.6 Å². The van der Waals surface area contributed by atoms with Crippen LogP contribution in [-0.4, -0.2) is 55.8 Å². The molecule has 6 nitrogen and oxygen atoms in total. The number of benzene rings is 1. The van der Waals surface area contributed by atoms with E-state index >= 15 is 0 Å². The Kier molecular flexibility index (Phi) is 6.12. The van der Waals surface area contributed by atoms with Gasteiger partial charge in [-0.15, -0.1) is 0 Å². The number of nitrogens with zero attached hydrogens (tertiary/aromatic N) is 2. The summed E-state index contributed by atoms with van der Waals surface area (Å²) in [5, 5.41) is 0. The largest absolute Gasteiger partial charge is 0.368 e. The molecule has 0 bridgehead atoms. The van der Waals surface area contributed by atoms with Crippen molar-refractivity contribution in [1.29, 1.82) is 0 Å². The standard InChI is InChI=1S/C20H30FN3O3S/c1-13(2)9-19(20(22)25)23(3)18-8-7-14-11-24(12-17(14)18)28(26,27)16-6-4-5-15(21)10-16/h4-6,10,13-14,17-19H,7-9,11-12H2,1-3H3,(H2,22,25)/t14-,17+,18+,19-/m0/s1. The Labute approximate surface area is 166 Å². The molecule has 2 aliphatic rings. The number of amides is 1. The van der Waals surface area contributed by atoms with Crippen LogP contribution in [0.4, 0.5) is 4.39 Å². The van der Waals surface area contributed by atoms with Crippen LogP contribution in [0.25, 0.3) is 0 Å². The van der Waals surface area contributed by atoms with E-state index in [1.54, 1.807) is 0 Å². The van der Waals surface area contributed by atoms with Crippen LogP contribution in [-0.2, 0) is 14.8 Å². The van der Waals surface area contributed by atoms with Crippen molar-refractivity contribution in [3.05, 3.63) is 30.1 Å². The SMILES string of the molecule is CC(C)C[C@@H](C(N)=O)N(C)[C@@H]1CC[C@H]2CN(S(=O)(=O)c3cccc(F)c3)C[C@H]21. The maximum Gasteiger partial charge on any atom is 0.243 e. The van der Waals surface area contributed by atoms with Gasteiger partial charge in [-0.1, -0.05) is 19.9 Å². The van der Waals surface area contributed by atoms with Crippen LogP contribution < -0.4 is 5.73 Å². The molecule has 1 aliphatic heterocycles. The van der Waals surface area contributed by atoms with Gasteiger partial charge in [-0.25, -0.2) is 12.8 Å². The Morgan fingerprint density at radius 1 is 1.32 bits per heavy atom. The summed E-state index contributed by atoms with van der Waals surface area (Å²) >= 11 is 0. The lowest BCUT2D eigenvalue weighted by Gasteiger charge is -2.35. The van der Waals surface area contributed by atoms with Crippen molar-refractivity contribution >= 4 is 15.9 Å². The summed E-state index contributed by atoms with van der Waals surface area (Å²) in [5.74, 6) is -0.144. The van der Waals surface area contributed by atoms with Crippen molar-refractivity contribution in [2.45, 2.75) is 50.1 Å². The summed E-state index contributed by atoms with van der Waals surface area (Å²) in [4.78, 5) is 14.1. The fourth-order valence-electron chi connectivity index (χ4n) is 4.84. The second kappa shape index (κ2) is 8.08. The molecule has 4 atom stereocenters. The number of hydrogen-bond donors (Lipinski definition) is 1. The lowest BCUT2D eigenvalue weighted by atomic mass is 9.94. The number of primary amides is 1. The van der Waals surface area contributed by atoms with Gasteiger partial charge in [0.1, 0.15) is 5.82 Å². The zero-order valence-corrected chi connectivity index (χ0v) is 17.5. The van der Waals surface area contributed by atoms with Gasteiger partial charge in [-0.05, 0) is 62.3 Å². The molecule has 1 aromatic carbocycles. The number of halogens is 1. The zero-order chi connectivity index (χ0) is 20.6. The van der Waals surface area contributed by atoms with Crippen molar-refractivity contribution in [1.82, 2.24) is 9.21 Å². The van der Waals surface area contributed by atoms with Crippen LogP contribution >= 0.6 is 0 Å². The van der Waals surface area contributed by atoms with Crippen LogP contribution in [0.3, 0.4) is 0 Å². The van der Waals surface area contributed by atoms with Crippen LogP contribution in [0.15, 0.2) is 29.2 Å². The van der Waals surface area contributed by atoms with Crippen molar-refractivity contribution in [2.75, 3.05) is 20.1 Å². The van der Waals surface area contributed by atoms with Crippen LogP contribution in [0, 0.1) is 23.6 Å². The van der Waals surface area contributed by atoms with Crippen LogP contribution in [0.1, 0.15) is 33.1 Å². The number of nitrogens with two attached hydrogens (primary N) is 1. The first kappa shape index (κ1) is 21.2. The quantitative estimate of drug-likeness (QED) is 0.744. The third kappa shape index (κ3) is 4.09. The minimum absolute atomic E-state index is 0.00722. The van der Waals surface area contributed by atoms with Crippen molar-refractivity contribution in [3.63, 3.8) is 0 Å². The second-order valence-corrected chi connectivity index (χ2v) is 10.5. The summed E-state index contributed by atoms with van der Waals surface area (Å²) < 4.78 is 40.9. The number of hydrogen-bond acceptors (Lipinski definition) is 4. The van der Waals surface area contributed by atoms with E-state index in [9.17, 15) is 17.6 Å². The van der Waals surface area contributed by atoms with Gasteiger partial charge in [0, 0.05) is 19.1 Å². The molecule has 1 heterocycles. The smallest absolute Gasteiger partial charge is 0.243 e. The van der Waals surface area contributed by atoms with E-state index in [0.717, 1.165) is 18.9 Å². The molecule has 0 spiro atoms. The van der Waals surface area contributed by atoms with Gasteiger partial charge in [-0.3, -0.25) is 9.69 Å². The van der Waals surface area contributed by atoms with E-state index in [2.05, 4.69) is 18.7 Å². The molecule has 2 fully saturated rings. The van der Waals surface area contributed by atoms with Crippen molar-refractivity contribution in [2.24, 2.45) is 23.5 Å². The number of carbonyl (C=O) groups excluding carboxylic acids is 1. The first-order valence-corrected chi connectivity index (χ1v) is 11.3. The van der Waals surface area contributed by atoms with Gasteiger partial charge >= 0.3 is 0 Å². The van der Waals surface area contributed by atoms with Crippen molar-refractivity contribution in [3.8, 4) is 0 Å². The minimum Gasteiger partial charge on any atom is -0.368 e. The highest BCUT2D eigenvalue weighted by Gasteiger charge is 2.48. The van der Waals surface area contributed by atoms with E-state index in [1.165, 1.54) is 22.5 Å². The Hall–Kier alpha value is -1.51. The molecule has 1 amide bonds. The van der Waals surface area contributed by atoms with E-state index in [1.807, 2.05) is 7.05 Å². The predicted molar refractivity (Wildman–Crippen MR) is 105 cm³/mol. The fourth-order valence-corrected chi connectivity index (χ4v) is 6.40. The summed E-state index contributed by atoms with van der Waals surface area (Å²) in [6.45, 7) is 4.96. The van der Waals surface area contributed by atoms with Crippen LogP contribution in [0.2, 0.25) is 0 Å². The molecule has 0 radical (unpaired) electrons. The zero-order valence-electron chi connectivity index (χ0n) is 16.7. The number of likely N-dealkylation sites (N-methyl/N-ethyl adjacent to an activating group) is 1. The van der Waals surface area contributed by atoms with Gasteiger partial charge < -0.3 is 5.73 Å². The Morgan fingerprint density at radius 3 is 2.64 bits per heavy atom.